The van der Waals surface area contributed by atoms with Crippen LogP contribution in [0, 0.1) is 10.1 Å². The number of nitro benzene ring substituents is 1. The van der Waals surface area contributed by atoms with Gasteiger partial charge < -0.3 is 0 Å². The Morgan fingerprint density at radius 3 is 2.57 bits per heavy atom. The Morgan fingerprint density at radius 1 is 1.25 bits per heavy atom. The zero-order valence-electron chi connectivity index (χ0n) is 15.0. The van der Waals surface area contributed by atoms with E-state index in [-0.39, 0.29) is 23.4 Å². The Bertz CT molecular complexity index is 979. The minimum atomic E-state index is -4.01. The first-order valence-corrected chi connectivity index (χ1v) is 10.9. The van der Waals surface area contributed by atoms with Gasteiger partial charge in [0.05, 0.1) is 4.92 Å². The van der Waals surface area contributed by atoms with Crippen molar-refractivity contribution in [3.63, 3.8) is 0 Å². The zero-order valence-corrected chi connectivity index (χ0v) is 17.4. The molecule has 0 aliphatic carbocycles. The Morgan fingerprint density at radius 2 is 1.93 bits per heavy atom. The van der Waals surface area contributed by atoms with Crippen LogP contribution in [-0.4, -0.2) is 43.9 Å². The molecule has 1 saturated heterocycles. The fraction of sp³-hybridized carbons (Fsp3) is 0.263. The van der Waals surface area contributed by atoms with Crippen molar-refractivity contribution in [1.29, 1.82) is 0 Å². The minimum absolute atomic E-state index is 0.0586. The Labute approximate surface area is 172 Å². The molecule has 3 rings (SSSR count). The largest absolute Gasteiger partial charge is 0.294 e. The van der Waals surface area contributed by atoms with E-state index in [2.05, 4.69) is 32.1 Å². The summed E-state index contributed by atoms with van der Waals surface area (Å²) in [4.78, 5) is 12.3. The van der Waals surface area contributed by atoms with Crippen molar-refractivity contribution in [3.8, 4) is 0 Å². The fourth-order valence-electron chi connectivity index (χ4n) is 3.42. The van der Waals surface area contributed by atoms with Crippen LogP contribution in [0.15, 0.2) is 70.6 Å². The summed E-state index contributed by atoms with van der Waals surface area (Å²) < 4.78 is 28.9. The van der Waals surface area contributed by atoms with Crippen LogP contribution in [0.5, 0.6) is 0 Å². The number of nitrogens with zero attached hydrogens (tertiary/aromatic N) is 2. The van der Waals surface area contributed by atoms with Crippen molar-refractivity contribution in [2.75, 3.05) is 19.6 Å². The highest BCUT2D eigenvalue weighted by Gasteiger charge is 2.40. The van der Waals surface area contributed by atoms with Crippen LogP contribution < -0.4 is 4.72 Å². The number of likely N-dealkylation sites (tertiary alicyclic amines) is 1. The average molecular weight is 466 g/mol. The summed E-state index contributed by atoms with van der Waals surface area (Å²) in [5, 5.41) is 11.2. The predicted octanol–water partition coefficient (Wildman–Crippen LogP) is 3.29. The highest BCUT2D eigenvalue weighted by molar-refractivity contribution is 9.10. The molecule has 2 aromatic carbocycles. The second-order valence-electron chi connectivity index (χ2n) is 6.54. The molecule has 2 aromatic rings. The molecule has 0 aromatic heterocycles. The maximum atomic E-state index is 12.7. The fourth-order valence-corrected chi connectivity index (χ4v) is 4.90. The van der Waals surface area contributed by atoms with E-state index < -0.39 is 20.6 Å². The number of rotatable bonds is 8. The van der Waals surface area contributed by atoms with Crippen LogP contribution in [0.2, 0.25) is 0 Å². The molecular formula is C19H20BrN3O4S. The van der Waals surface area contributed by atoms with Gasteiger partial charge in [-0.1, -0.05) is 46.3 Å². The molecule has 28 heavy (non-hydrogen) atoms. The van der Waals surface area contributed by atoms with E-state index in [4.69, 9.17) is 0 Å². The predicted molar refractivity (Wildman–Crippen MR) is 111 cm³/mol. The number of hydrogen-bond acceptors (Lipinski definition) is 5. The number of sulfonamides is 1. The third kappa shape index (κ3) is 4.33. The third-order valence-electron chi connectivity index (χ3n) is 4.86. The minimum Gasteiger partial charge on any atom is -0.294 e. The SMILES string of the molecule is C=CCN1CC(c2ccc(Br)cc2)C1CNS(=O)(=O)c1ccccc1[N+](=O)[O-]. The van der Waals surface area contributed by atoms with Crippen LogP contribution in [0.1, 0.15) is 11.5 Å². The molecule has 1 aliphatic rings. The van der Waals surface area contributed by atoms with Gasteiger partial charge in [0.1, 0.15) is 0 Å². The van der Waals surface area contributed by atoms with Crippen LogP contribution >= 0.6 is 15.9 Å². The van der Waals surface area contributed by atoms with Gasteiger partial charge in [-0.2, -0.15) is 0 Å². The lowest BCUT2D eigenvalue weighted by atomic mass is 9.82. The quantitative estimate of drug-likeness (QED) is 0.366. The maximum Gasteiger partial charge on any atom is 0.289 e. The molecule has 0 saturated carbocycles. The lowest BCUT2D eigenvalue weighted by Gasteiger charge is -2.48. The Hall–Kier alpha value is -2.07. The van der Waals surface area contributed by atoms with Gasteiger partial charge in [-0.3, -0.25) is 15.0 Å². The van der Waals surface area contributed by atoms with Gasteiger partial charge in [0.25, 0.3) is 5.69 Å². The zero-order chi connectivity index (χ0) is 20.3. The van der Waals surface area contributed by atoms with Crippen LogP contribution in [0.3, 0.4) is 0 Å². The maximum absolute atomic E-state index is 12.7. The third-order valence-corrected chi connectivity index (χ3v) is 6.86. The number of hydrogen-bond donors (Lipinski definition) is 1. The first-order valence-electron chi connectivity index (χ1n) is 8.67. The molecule has 1 N–H and O–H groups in total. The molecule has 0 bridgehead atoms. The summed E-state index contributed by atoms with van der Waals surface area (Å²) in [5.41, 5.74) is 0.689. The number of benzene rings is 2. The first-order chi connectivity index (χ1) is 13.3. The van der Waals surface area contributed by atoms with E-state index in [1.54, 1.807) is 6.08 Å². The van der Waals surface area contributed by atoms with Crippen molar-refractivity contribution >= 4 is 31.6 Å². The lowest BCUT2D eigenvalue weighted by Crippen LogP contribution is -2.58. The highest BCUT2D eigenvalue weighted by Crippen LogP contribution is 2.34. The molecule has 0 amide bonds. The smallest absolute Gasteiger partial charge is 0.289 e. The van der Waals surface area contributed by atoms with Crippen molar-refractivity contribution in [2.24, 2.45) is 0 Å². The van der Waals surface area contributed by atoms with Crippen LogP contribution in [-0.2, 0) is 10.0 Å². The van der Waals surface area contributed by atoms with Gasteiger partial charge in [0.15, 0.2) is 4.90 Å². The van der Waals surface area contributed by atoms with Crippen molar-refractivity contribution in [2.45, 2.75) is 16.9 Å². The van der Waals surface area contributed by atoms with Crippen molar-refractivity contribution in [1.82, 2.24) is 9.62 Å². The van der Waals surface area contributed by atoms with E-state index in [1.165, 1.54) is 24.3 Å². The number of nitro groups is 1. The van der Waals surface area contributed by atoms with Crippen molar-refractivity contribution in [3.05, 3.63) is 81.3 Å². The molecule has 148 valence electrons. The Kier molecular flexibility index (Phi) is 6.29. The molecule has 9 heteroatoms. The molecule has 0 radical (unpaired) electrons. The average Bonchev–Trinajstić information content (AvgIpc) is 2.66. The van der Waals surface area contributed by atoms with E-state index in [0.29, 0.717) is 6.54 Å². The number of para-hydroxylation sites is 1. The van der Waals surface area contributed by atoms with Crippen molar-refractivity contribution < 1.29 is 13.3 Å². The van der Waals surface area contributed by atoms with Gasteiger partial charge in [-0.15, -0.1) is 6.58 Å². The van der Waals surface area contributed by atoms with Gasteiger partial charge in [0, 0.05) is 42.1 Å². The Balaban J connectivity index is 1.79. The monoisotopic (exact) mass is 465 g/mol. The molecule has 2 unspecified atom stereocenters. The van der Waals surface area contributed by atoms with Crippen LogP contribution in [0.25, 0.3) is 0 Å². The molecule has 1 heterocycles. The van der Waals surface area contributed by atoms with Crippen LogP contribution in [0.4, 0.5) is 5.69 Å². The standard InChI is InChI=1S/C19H20BrN3O4S/c1-2-11-22-13-16(14-7-9-15(20)10-8-14)18(22)12-21-28(26,27)19-6-4-3-5-17(19)23(24)25/h2-10,16,18,21H,1,11-13H2. The van der Waals surface area contributed by atoms with E-state index >= 15 is 0 Å². The number of halogens is 1. The van der Waals surface area contributed by atoms with Gasteiger partial charge in [-0.25, -0.2) is 13.1 Å². The van der Waals surface area contributed by atoms with Gasteiger partial charge in [0.2, 0.25) is 10.0 Å². The highest BCUT2D eigenvalue weighted by atomic mass is 79.9. The molecule has 0 spiro atoms. The van der Waals surface area contributed by atoms with Gasteiger partial charge in [-0.05, 0) is 23.8 Å². The topological polar surface area (TPSA) is 92.6 Å². The normalized spacial score (nSPS) is 19.8. The molecule has 7 nitrogen and oxygen atoms in total. The summed E-state index contributed by atoms with van der Waals surface area (Å²) in [6.45, 7) is 5.35. The first kappa shape index (κ1) is 20.7. The molecule has 1 aliphatic heterocycles. The molecular weight excluding hydrogens is 446 g/mol. The summed E-state index contributed by atoms with van der Waals surface area (Å²) in [6, 6.07) is 13.2. The molecule has 2 atom stereocenters. The van der Waals surface area contributed by atoms with E-state index in [1.807, 2.05) is 24.3 Å². The number of nitrogens with one attached hydrogen (secondary N) is 1. The van der Waals surface area contributed by atoms with E-state index in [9.17, 15) is 18.5 Å². The summed E-state index contributed by atoms with van der Waals surface area (Å²) in [7, 11) is -4.01. The van der Waals surface area contributed by atoms with E-state index in [0.717, 1.165) is 16.6 Å². The van der Waals surface area contributed by atoms with Gasteiger partial charge >= 0.3 is 0 Å². The summed E-state index contributed by atoms with van der Waals surface area (Å²) >= 11 is 3.42. The lowest BCUT2D eigenvalue weighted by molar-refractivity contribution is -0.387. The second kappa shape index (κ2) is 8.52. The summed E-state index contributed by atoms with van der Waals surface area (Å²) in [6.07, 6.45) is 1.78. The summed E-state index contributed by atoms with van der Waals surface area (Å²) in [5.74, 6) is 0.168. The molecule has 1 fully saturated rings. The second-order valence-corrected chi connectivity index (χ2v) is 9.20.